The van der Waals surface area contributed by atoms with Crippen molar-refractivity contribution in [2.24, 2.45) is 0 Å². The fraction of sp³-hybridized carbons (Fsp3) is 0.417. The average molecular weight is 394 g/mol. The third-order valence-corrected chi connectivity index (χ3v) is 5.44. The van der Waals surface area contributed by atoms with Crippen LogP contribution in [0.4, 0.5) is 5.69 Å². The number of benzene rings is 2. The zero-order valence-electron chi connectivity index (χ0n) is 17.4. The van der Waals surface area contributed by atoms with E-state index < -0.39 is 0 Å². The van der Waals surface area contributed by atoms with Crippen molar-refractivity contribution in [1.29, 1.82) is 0 Å². The molecule has 0 aromatic heterocycles. The standard InChI is InChI=1S/C24H31N3O2/c1-17-7-6-8-19(13-17)15-26-23(28)16-25-22-12-11-20(14-18(22)2)24(29)27-21-9-4-3-5-10-21/h6-8,11-14,21,25H,3-5,9-10,15-16H2,1-2H3,(H,26,28)(H,27,29). The van der Waals surface area contributed by atoms with Crippen molar-refractivity contribution in [3.8, 4) is 0 Å². The number of anilines is 1. The van der Waals surface area contributed by atoms with Gasteiger partial charge in [0.15, 0.2) is 0 Å². The fourth-order valence-electron chi connectivity index (χ4n) is 3.78. The molecule has 0 radical (unpaired) electrons. The second kappa shape index (κ2) is 10.1. The van der Waals surface area contributed by atoms with Crippen molar-refractivity contribution >= 4 is 17.5 Å². The number of nitrogens with one attached hydrogen (secondary N) is 3. The van der Waals surface area contributed by atoms with Crippen LogP contribution in [-0.4, -0.2) is 24.4 Å². The lowest BCUT2D eigenvalue weighted by Crippen LogP contribution is -2.36. The van der Waals surface area contributed by atoms with E-state index in [1.54, 1.807) is 0 Å². The number of amides is 2. The largest absolute Gasteiger partial charge is 0.376 e. The van der Waals surface area contributed by atoms with Gasteiger partial charge in [0.2, 0.25) is 5.91 Å². The van der Waals surface area contributed by atoms with Crippen molar-refractivity contribution in [3.05, 3.63) is 64.7 Å². The van der Waals surface area contributed by atoms with Crippen LogP contribution < -0.4 is 16.0 Å². The van der Waals surface area contributed by atoms with E-state index in [4.69, 9.17) is 0 Å². The van der Waals surface area contributed by atoms with Gasteiger partial charge in [-0.25, -0.2) is 0 Å². The summed E-state index contributed by atoms with van der Waals surface area (Å²) in [6.45, 7) is 4.70. The number of rotatable bonds is 7. The summed E-state index contributed by atoms with van der Waals surface area (Å²) in [5.74, 6) is -0.0764. The van der Waals surface area contributed by atoms with Gasteiger partial charge in [-0.3, -0.25) is 9.59 Å². The molecule has 2 aromatic carbocycles. The van der Waals surface area contributed by atoms with Gasteiger partial charge < -0.3 is 16.0 Å². The van der Waals surface area contributed by atoms with Crippen LogP contribution in [0.3, 0.4) is 0 Å². The first-order valence-electron chi connectivity index (χ1n) is 10.5. The van der Waals surface area contributed by atoms with Gasteiger partial charge >= 0.3 is 0 Å². The Hall–Kier alpha value is -2.82. The number of hydrogen-bond acceptors (Lipinski definition) is 3. The van der Waals surface area contributed by atoms with Gasteiger partial charge in [-0.2, -0.15) is 0 Å². The van der Waals surface area contributed by atoms with Crippen LogP contribution >= 0.6 is 0 Å². The zero-order valence-corrected chi connectivity index (χ0v) is 17.4. The van der Waals surface area contributed by atoms with E-state index >= 15 is 0 Å². The Morgan fingerprint density at radius 1 is 1.00 bits per heavy atom. The molecule has 3 N–H and O–H groups in total. The molecule has 1 fully saturated rings. The van der Waals surface area contributed by atoms with Gasteiger partial charge in [-0.05, 0) is 56.0 Å². The zero-order chi connectivity index (χ0) is 20.6. The summed E-state index contributed by atoms with van der Waals surface area (Å²) < 4.78 is 0. The lowest BCUT2D eigenvalue weighted by Gasteiger charge is -2.23. The monoisotopic (exact) mass is 393 g/mol. The minimum absolute atomic E-state index is 0.0116. The van der Waals surface area contributed by atoms with Crippen molar-refractivity contribution in [3.63, 3.8) is 0 Å². The Balaban J connectivity index is 1.48. The molecule has 2 amide bonds. The molecule has 3 rings (SSSR count). The molecule has 0 saturated heterocycles. The second-order valence-corrected chi connectivity index (χ2v) is 7.96. The molecule has 154 valence electrons. The number of carbonyl (C=O) groups excluding carboxylic acids is 2. The van der Waals surface area contributed by atoms with Crippen molar-refractivity contribution in [2.45, 2.75) is 58.5 Å². The maximum absolute atomic E-state index is 12.5. The van der Waals surface area contributed by atoms with Gasteiger partial charge in [0.25, 0.3) is 5.91 Å². The summed E-state index contributed by atoms with van der Waals surface area (Å²) in [4.78, 5) is 24.6. The van der Waals surface area contributed by atoms with Crippen LogP contribution in [0.2, 0.25) is 0 Å². The predicted octanol–water partition coefficient (Wildman–Crippen LogP) is 4.09. The summed E-state index contributed by atoms with van der Waals surface area (Å²) in [5.41, 5.74) is 4.75. The van der Waals surface area contributed by atoms with E-state index in [9.17, 15) is 9.59 Å². The third-order valence-electron chi connectivity index (χ3n) is 5.44. The Morgan fingerprint density at radius 2 is 1.79 bits per heavy atom. The molecule has 0 atom stereocenters. The van der Waals surface area contributed by atoms with Crippen molar-refractivity contribution in [2.75, 3.05) is 11.9 Å². The van der Waals surface area contributed by atoms with Crippen LogP contribution in [0.5, 0.6) is 0 Å². The highest BCUT2D eigenvalue weighted by Gasteiger charge is 2.17. The molecule has 5 heteroatoms. The Bertz CT molecular complexity index is 857. The van der Waals surface area contributed by atoms with Crippen LogP contribution in [0.15, 0.2) is 42.5 Å². The molecule has 1 aliphatic rings. The lowest BCUT2D eigenvalue weighted by molar-refractivity contribution is -0.119. The first-order chi connectivity index (χ1) is 14.0. The van der Waals surface area contributed by atoms with E-state index in [0.717, 1.165) is 29.7 Å². The van der Waals surface area contributed by atoms with Gasteiger partial charge in [0, 0.05) is 23.8 Å². The van der Waals surface area contributed by atoms with Crippen LogP contribution in [-0.2, 0) is 11.3 Å². The molecule has 0 spiro atoms. The third kappa shape index (κ3) is 6.34. The molecule has 0 bridgehead atoms. The van der Waals surface area contributed by atoms with Gasteiger partial charge in [-0.15, -0.1) is 0 Å². The molecule has 2 aromatic rings. The molecule has 1 aliphatic carbocycles. The molecule has 1 saturated carbocycles. The van der Waals surface area contributed by atoms with Crippen LogP contribution in [0.1, 0.15) is 59.2 Å². The fourth-order valence-corrected chi connectivity index (χ4v) is 3.78. The van der Waals surface area contributed by atoms with Gasteiger partial charge in [0.1, 0.15) is 0 Å². The van der Waals surface area contributed by atoms with E-state index in [1.165, 1.54) is 24.8 Å². The summed E-state index contributed by atoms with van der Waals surface area (Å²) >= 11 is 0. The highest BCUT2D eigenvalue weighted by atomic mass is 16.2. The van der Waals surface area contributed by atoms with Gasteiger partial charge in [-0.1, -0.05) is 49.1 Å². The molecule has 0 heterocycles. The minimum atomic E-state index is -0.0648. The average Bonchev–Trinajstić information content (AvgIpc) is 2.72. The summed E-state index contributed by atoms with van der Waals surface area (Å²) in [7, 11) is 0. The van der Waals surface area contributed by atoms with Crippen molar-refractivity contribution in [1.82, 2.24) is 10.6 Å². The number of hydrogen-bond donors (Lipinski definition) is 3. The SMILES string of the molecule is Cc1cccc(CNC(=O)CNc2ccc(C(=O)NC3CCCCC3)cc2C)c1. The highest BCUT2D eigenvalue weighted by Crippen LogP contribution is 2.19. The Kier molecular flexibility index (Phi) is 7.28. The Labute approximate surface area is 173 Å². The van der Waals surface area contributed by atoms with Crippen molar-refractivity contribution < 1.29 is 9.59 Å². The van der Waals surface area contributed by atoms with Crippen LogP contribution in [0, 0.1) is 13.8 Å². The predicted molar refractivity (Wildman–Crippen MR) is 117 cm³/mol. The maximum Gasteiger partial charge on any atom is 0.251 e. The second-order valence-electron chi connectivity index (χ2n) is 7.96. The topological polar surface area (TPSA) is 70.2 Å². The molecule has 0 unspecified atom stereocenters. The number of aryl methyl sites for hydroxylation is 2. The normalized spacial score (nSPS) is 14.3. The van der Waals surface area contributed by atoms with E-state index in [2.05, 4.69) is 22.0 Å². The van der Waals surface area contributed by atoms with Gasteiger partial charge in [0.05, 0.1) is 6.54 Å². The number of carbonyl (C=O) groups is 2. The minimum Gasteiger partial charge on any atom is -0.376 e. The molecular weight excluding hydrogens is 362 g/mol. The molecule has 5 nitrogen and oxygen atoms in total. The smallest absolute Gasteiger partial charge is 0.251 e. The first kappa shape index (κ1) is 20.9. The lowest BCUT2D eigenvalue weighted by atomic mass is 9.95. The van der Waals surface area contributed by atoms with E-state index in [0.29, 0.717) is 18.2 Å². The molecule has 29 heavy (non-hydrogen) atoms. The quantitative estimate of drug-likeness (QED) is 0.663. The summed E-state index contributed by atoms with van der Waals surface area (Å²) in [6.07, 6.45) is 5.80. The summed E-state index contributed by atoms with van der Waals surface area (Å²) in [5, 5.41) is 9.23. The highest BCUT2D eigenvalue weighted by molar-refractivity contribution is 5.95. The first-order valence-corrected chi connectivity index (χ1v) is 10.5. The Morgan fingerprint density at radius 3 is 2.52 bits per heavy atom. The van der Waals surface area contributed by atoms with E-state index in [1.807, 2.05) is 50.2 Å². The summed E-state index contributed by atoms with van der Waals surface area (Å²) in [6, 6.07) is 14.0. The maximum atomic E-state index is 12.5. The van der Waals surface area contributed by atoms with E-state index in [-0.39, 0.29) is 18.4 Å². The molecule has 0 aliphatic heterocycles. The molecular formula is C24H31N3O2. The van der Waals surface area contributed by atoms with Crippen LogP contribution in [0.25, 0.3) is 0 Å².